The topological polar surface area (TPSA) is 57.7 Å². The summed E-state index contributed by atoms with van der Waals surface area (Å²) >= 11 is 5.86. The summed E-state index contributed by atoms with van der Waals surface area (Å²) in [4.78, 5) is 14.5. The fourth-order valence-corrected chi connectivity index (χ4v) is 5.31. The number of amides is 1. The number of rotatable bonds is 6. The molecular weight excluding hydrogens is 408 g/mol. The molecule has 1 amide bonds. The lowest BCUT2D eigenvalue weighted by Gasteiger charge is -2.32. The van der Waals surface area contributed by atoms with Crippen LogP contribution >= 0.6 is 11.6 Å². The number of hydrogen-bond acceptors (Lipinski definition) is 3. The lowest BCUT2D eigenvalue weighted by molar-refractivity contribution is -0.135. The van der Waals surface area contributed by atoms with Crippen LogP contribution in [0.4, 0.5) is 0 Å². The molecule has 0 spiro atoms. The highest BCUT2D eigenvalue weighted by atomic mass is 35.5. The lowest BCUT2D eigenvalue weighted by Crippen LogP contribution is -2.43. The molecule has 0 aromatic heterocycles. The molecule has 7 heteroatoms. The first-order valence-corrected chi connectivity index (χ1v) is 11.8. The zero-order chi connectivity index (χ0) is 21.0. The number of carbonyl (C=O) groups excluding carboxylic acids is 1. The number of nitrogens with zero attached hydrogens (tertiary/aromatic N) is 2. The molecular formula is C22H27ClN2O3S. The second-order valence-corrected chi connectivity index (χ2v) is 10.1. The number of benzene rings is 2. The second kappa shape index (κ2) is 9.28. The third-order valence-corrected chi connectivity index (χ3v) is 7.48. The van der Waals surface area contributed by atoms with Crippen LogP contribution in [-0.2, 0) is 27.1 Å². The molecule has 1 aliphatic heterocycles. The number of sulfonamides is 1. The summed E-state index contributed by atoms with van der Waals surface area (Å²) < 4.78 is 26.9. The van der Waals surface area contributed by atoms with E-state index in [4.69, 9.17) is 11.6 Å². The van der Waals surface area contributed by atoms with E-state index in [0.29, 0.717) is 43.1 Å². The monoisotopic (exact) mass is 434 g/mol. The number of carbonyl (C=O) groups is 1. The fourth-order valence-electron chi connectivity index (χ4n) is 3.62. The summed E-state index contributed by atoms with van der Waals surface area (Å²) in [5.41, 5.74) is 3.00. The van der Waals surface area contributed by atoms with E-state index in [1.807, 2.05) is 38.2 Å². The second-order valence-electron chi connectivity index (χ2n) is 7.74. The average Bonchev–Trinajstić information content (AvgIpc) is 2.71. The molecule has 1 heterocycles. The average molecular weight is 435 g/mol. The Balaban J connectivity index is 1.54. The van der Waals surface area contributed by atoms with Crippen molar-refractivity contribution in [3.63, 3.8) is 0 Å². The van der Waals surface area contributed by atoms with E-state index >= 15 is 0 Å². The smallest absolute Gasteiger partial charge is 0.225 e. The Morgan fingerprint density at radius 2 is 1.59 bits per heavy atom. The van der Waals surface area contributed by atoms with Crippen LogP contribution in [0, 0.1) is 12.8 Å². The fraction of sp³-hybridized carbons (Fsp3) is 0.409. The Labute approximate surface area is 178 Å². The summed E-state index contributed by atoms with van der Waals surface area (Å²) in [6.07, 6.45) is 1.10. The van der Waals surface area contributed by atoms with Crippen LogP contribution in [0.2, 0.25) is 5.02 Å². The summed E-state index contributed by atoms with van der Waals surface area (Å²) in [5.74, 6) is -0.0939. The molecule has 2 aromatic rings. The van der Waals surface area contributed by atoms with Crippen molar-refractivity contribution >= 4 is 27.5 Å². The van der Waals surface area contributed by atoms with E-state index < -0.39 is 10.0 Å². The van der Waals surface area contributed by atoms with Gasteiger partial charge in [-0.3, -0.25) is 4.79 Å². The Morgan fingerprint density at radius 1 is 1.03 bits per heavy atom. The highest BCUT2D eigenvalue weighted by Crippen LogP contribution is 2.24. The van der Waals surface area contributed by atoms with Crippen LogP contribution in [0.1, 0.15) is 29.5 Å². The van der Waals surface area contributed by atoms with Gasteiger partial charge in [0.25, 0.3) is 0 Å². The zero-order valence-electron chi connectivity index (χ0n) is 16.8. The molecule has 2 aromatic carbocycles. The van der Waals surface area contributed by atoms with Gasteiger partial charge in [-0.25, -0.2) is 12.7 Å². The maximum Gasteiger partial charge on any atom is 0.225 e. The highest BCUT2D eigenvalue weighted by molar-refractivity contribution is 7.88. The quantitative estimate of drug-likeness (QED) is 0.693. The van der Waals surface area contributed by atoms with Gasteiger partial charge in [-0.1, -0.05) is 53.6 Å². The standard InChI is InChI=1S/C22H27ClN2O3S/c1-17-3-5-18(6-4-17)15-24(2)22(26)20-11-13-25(14-12-20)29(27,28)16-19-7-9-21(23)10-8-19/h3-10,20H,11-16H2,1-2H3. The lowest BCUT2D eigenvalue weighted by atomic mass is 9.96. The first kappa shape index (κ1) is 21.8. The maximum atomic E-state index is 12.8. The number of halogens is 1. The summed E-state index contributed by atoms with van der Waals surface area (Å²) in [7, 11) is -1.59. The van der Waals surface area contributed by atoms with Gasteiger partial charge in [0, 0.05) is 37.6 Å². The van der Waals surface area contributed by atoms with E-state index in [1.165, 1.54) is 9.87 Å². The van der Waals surface area contributed by atoms with E-state index in [9.17, 15) is 13.2 Å². The molecule has 0 saturated carbocycles. The van der Waals surface area contributed by atoms with Crippen LogP contribution < -0.4 is 0 Å². The van der Waals surface area contributed by atoms with Crippen molar-refractivity contribution in [2.45, 2.75) is 32.1 Å². The minimum atomic E-state index is -3.41. The van der Waals surface area contributed by atoms with Crippen LogP contribution in [0.15, 0.2) is 48.5 Å². The summed E-state index contributed by atoms with van der Waals surface area (Å²) in [6, 6.07) is 15.0. The van der Waals surface area contributed by atoms with Crippen molar-refractivity contribution in [2.75, 3.05) is 20.1 Å². The minimum Gasteiger partial charge on any atom is -0.341 e. The van der Waals surface area contributed by atoms with E-state index in [0.717, 1.165) is 5.56 Å². The number of piperidine rings is 1. The third kappa shape index (κ3) is 5.81. The molecule has 0 aliphatic carbocycles. The Bertz CT molecular complexity index is 935. The SMILES string of the molecule is Cc1ccc(CN(C)C(=O)C2CCN(S(=O)(=O)Cc3ccc(Cl)cc3)CC2)cc1. The Morgan fingerprint density at radius 3 is 2.17 bits per heavy atom. The first-order chi connectivity index (χ1) is 13.7. The minimum absolute atomic E-state index is 0.0455. The van der Waals surface area contributed by atoms with Crippen LogP contribution in [0.3, 0.4) is 0 Å². The van der Waals surface area contributed by atoms with Crippen molar-refractivity contribution in [3.05, 3.63) is 70.2 Å². The van der Waals surface area contributed by atoms with Gasteiger partial charge in [0.05, 0.1) is 5.75 Å². The maximum absolute atomic E-state index is 12.8. The molecule has 156 valence electrons. The molecule has 29 heavy (non-hydrogen) atoms. The Kier molecular flexibility index (Phi) is 6.98. The van der Waals surface area contributed by atoms with Gasteiger partial charge in [-0.2, -0.15) is 0 Å². The number of aryl methyl sites for hydroxylation is 1. The Hall–Kier alpha value is -1.89. The predicted molar refractivity (Wildman–Crippen MR) is 116 cm³/mol. The third-order valence-electron chi connectivity index (χ3n) is 5.38. The molecule has 1 fully saturated rings. The predicted octanol–water partition coefficient (Wildman–Crippen LogP) is 3.85. The molecule has 0 bridgehead atoms. The van der Waals surface area contributed by atoms with Crippen molar-refractivity contribution in [2.24, 2.45) is 5.92 Å². The van der Waals surface area contributed by atoms with E-state index in [-0.39, 0.29) is 17.6 Å². The van der Waals surface area contributed by atoms with Gasteiger partial charge in [-0.15, -0.1) is 0 Å². The van der Waals surface area contributed by atoms with Crippen LogP contribution in [0.5, 0.6) is 0 Å². The van der Waals surface area contributed by atoms with Gasteiger partial charge in [0.2, 0.25) is 15.9 Å². The van der Waals surface area contributed by atoms with Crippen molar-refractivity contribution in [1.29, 1.82) is 0 Å². The number of hydrogen-bond donors (Lipinski definition) is 0. The summed E-state index contributed by atoms with van der Waals surface area (Å²) in [5, 5.41) is 0.584. The van der Waals surface area contributed by atoms with Crippen molar-refractivity contribution in [3.8, 4) is 0 Å². The van der Waals surface area contributed by atoms with Gasteiger partial charge in [-0.05, 0) is 43.0 Å². The highest BCUT2D eigenvalue weighted by Gasteiger charge is 2.32. The molecule has 0 unspecified atom stereocenters. The molecule has 5 nitrogen and oxygen atoms in total. The first-order valence-electron chi connectivity index (χ1n) is 9.77. The van der Waals surface area contributed by atoms with Gasteiger partial charge < -0.3 is 4.90 Å². The van der Waals surface area contributed by atoms with Gasteiger partial charge in [0.15, 0.2) is 0 Å². The molecule has 3 rings (SSSR count). The van der Waals surface area contributed by atoms with Crippen molar-refractivity contribution in [1.82, 2.24) is 9.21 Å². The van der Waals surface area contributed by atoms with E-state index in [2.05, 4.69) is 0 Å². The largest absolute Gasteiger partial charge is 0.341 e. The molecule has 0 N–H and O–H groups in total. The molecule has 1 saturated heterocycles. The molecule has 0 radical (unpaired) electrons. The molecule has 0 atom stereocenters. The van der Waals surface area contributed by atoms with E-state index in [1.54, 1.807) is 29.2 Å². The van der Waals surface area contributed by atoms with Crippen LogP contribution in [-0.4, -0.2) is 43.7 Å². The van der Waals surface area contributed by atoms with Gasteiger partial charge >= 0.3 is 0 Å². The molecule has 1 aliphatic rings. The zero-order valence-corrected chi connectivity index (χ0v) is 18.4. The van der Waals surface area contributed by atoms with Crippen molar-refractivity contribution < 1.29 is 13.2 Å². The van der Waals surface area contributed by atoms with Gasteiger partial charge in [0.1, 0.15) is 0 Å². The van der Waals surface area contributed by atoms with Crippen LogP contribution in [0.25, 0.3) is 0 Å². The summed E-state index contributed by atoms with van der Waals surface area (Å²) in [6.45, 7) is 3.36. The normalized spacial score (nSPS) is 16.0.